The van der Waals surface area contributed by atoms with E-state index in [-0.39, 0.29) is 0 Å². The van der Waals surface area contributed by atoms with Crippen molar-refractivity contribution in [2.75, 3.05) is 4.90 Å². The molecular formula is C55H37NO. The van der Waals surface area contributed by atoms with Crippen molar-refractivity contribution in [1.29, 1.82) is 0 Å². The molecule has 1 aromatic heterocycles. The monoisotopic (exact) mass is 727 g/mol. The first-order valence-electron chi connectivity index (χ1n) is 19.6. The van der Waals surface area contributed by atoms with E-state index < -0.39 is 5.41 Å². The molecule has 0 atom stereocenters. The molecule has 10 aromatic rings. The van der Waals surface area contributed by atoms with E-state index >= 15 is 0 Å². The van der Waals surface area contributed by atoms with Gasteiger partial charge in [-0.15, -0.1) is 0 Å². The molecule has 0 fully saturated rings. The van der Waals surface area contributed by atoms with Crippen LogP contribution in [0.15, 0.2) is 229 Å². The first kappa shape index (κ1) is 33.0. The standard InChI is InChI=1S/C55H37NO/c1-5-19-38(20-6-1)43-29-17-32-50(53(43)47-30-18-34-52-54(47)46-28-14-16-33-51(46)57-52)56(41-25-11-4-12-26-41)42-35-36-45-44-27-13-15-31-48(44)55(49(45)37-42,39-21-7-2-8-22-39)40-23-9-3-10-24-40/h1-37H. The SMILES string of the molecule is c1ccc(-c2cccc(N(c3ccccc3)c3ccc4c(c3)C(c3ccccc3)(c3ccccc3)c3ccccc3-4)c2-c2cccc3oc4ccccc4c23)cc1. The molecule has 0 saturated carbocycles. The highest BCUT2D eigenvalue weighted by Crippen LogP contribution is 2.58. The van der Waals surface area contributed by atoms with Crippen LogP contribution in [0.1, 0.15) is 22.3 Å². The molecule has 1 heterocycles. The maximum absolute atomic E-state index is 6.50. The normalized spacial score (nSPS) is 12.7. The Kier molecular flexibility index (Phi) is 7.75. The van der Waals surface area contributed by atoms with Gasteiger partial charge in [-0.05, 0) is 92.5 Å². The Bertz CT molecular complexity index is 3020. The van der Waals surface area contributed by atoms with Crippen molar-refractivity contribution in [3.63, 3.8) is 0 Å². The van der Waals surface area contributed by atoms with Crippen LogP contribution in [0.5, 0.6) is 0 Å². The Labute approximate surface area is 332 Å². The van der Waals surface area contributed by atoms with Crippen LogP contribution in [-0.4, -0.2) is 0 Å². The van der Waals surface area contributed by atoms with Gasteiger partial charge in [-0.3, -0.25) is 0 Å². The fourth-order valence-corrected chi connectivity index (χ4v) is 9.43. The summed E-state index contributed by atoms with van der Waals surface area (Å²) in [6, 6.07) is 81.3. The highest BCUT2D eigenvalue weighted by Gasteiger charge is 2.46. The molecule has 0 radical (unpaired) electrons. The van der Waals surface area contributed by atoms with Crippen molar-refractivity contribution in [1.82, 2.24) is 0 Å². The van der Waals surface area contributed by atoms with Crippen molar-refractivity contribution in [3.05, 3.63) is 247 Å². The van der Waals surface area contributed by atoms with Crippen LogP contribution in [0.25, 0.3) is 55.3 Å². The zero-order valence-corrected chi connectivity index (χ0v) is 31.2. The molecule has 9 aromatic carbocycles. The second-order valence-corrected chi connectivity index (χ2v) is 14.8. The third-order valence-corrected chi connectivity index (χ3v) is 11.8. The van der Waals surface area contributed by atoms with Crippen molar-refractivity contribution in [2.24, 2.45) is 0 Å². The highest BCUT2D eigenvalue weighted by molar-refractivity contribution is 6.15. The summed E-state index contributed by atoms with van der Waals surface area (Å²) < 4.78 is 6.50. The Hall–Kier alpha value is -7.42. The number of anilines is 3. The van der Waals surface area contributed by atoms with Crippen LogP contribution < -0.4 is 4.90 Å². The van der Waals surface area contributed by atoms with Gasteiger partial charge in [0.15, 0.2) is 0 Å². The number of para-hydroxylation sites is 2. The predicted molar refractivity (Wildman–Crippen MR) is 237 cm³/mol. The van der Waals surface area contributed by atoms with Crippen molar-refractivity contribution >= 4 is 39.0 Å². The second kappa shape index (κ2) is 13.4. The van der Waals surface area contributed by atoms with Crippen molar-refractivity contribution in [2.45, 2.75) is 5.41 Å². The third kappa shape index (κ3) is 5.11. The summed E-state index contributed by atoms with van der Waals surface area (Å²) in [6.07, 6.45) is 0. The molecule has 2 heteroatoms. The maximum atomic E-state index is 6.50. The maximum Gasteiger partial charge on any atom is 0.136 e. The van der Waals surface area contributed by atoms with Crippen LogP contribution >= 0.6 is 0 Å². The second-order valence-electron chi connectivity index (χ2n) is 14.8. The third-order valence-electron chi connectivity index (χ3n) is 11.8. The summed E-state index contributed by atoms with van der Waals surface area (Å²) in [4.78, 5) is 2.45. The van der Waals surface area contributed by atoms with Crippen LogP contribution in [0.2, 0.25) is 0 Å². The zero-order chi connectivity index (χ0) is 37.8. The number of furan rings is 1. The van der Waals surface area contributed by atoms with E-state index in [2.05, 4.69) is 223 Å². The first-order valence-corrected chi connectivity index (χ1v) is 19.6. The average molecular weight is 728 g/mol. The predicted octanol–water partition coefficient (Wildman–Crippen LogP) is 14.8. The molecule has 0 aliphatic heterocycles. The van der Waals surface area contributed by atoms with Crippen molar-refractivity contribution < 1.29 is 4.42 Å². The van der Waals surface area contributed by atoms with Gasteiger partial charge in [-0.1, -0.05) is 182 Å². The van der Waals surface area contributed by atoms with Crippen molar-refractivity contribution in [3.8, 4) is 33.4 Å². The summed E-state index contributed by atoms with van der Waals surface area (Å²) in [5.41, 5.74) is 16.6. The smallest absolute Gasteiger partial charge is 0.136 e. The number of benzene rings is 9. The average Bonchev–Trinajstić information content (AvgIpc) is 3.82. The molecule has 1 aliphatic carbocycles. The van der Waals surface area contributed by atoms with E-state index in [0.29, 0.717) is 0 Å². The van der Waals surface area contributed by atoms with E-state index in [4.69, 9.17) is 4.42 Å². The molecule has 0 unspecified atom stereocenters. The van der Waals surface area contributed by atoms with Crippen LogP contribution in [0.4, 0.5) is 17.1 Å². The number of hydrogen-bond acceptors (Lipinski definition) is 2. The van der Waals surface area contributed by atoms with Gasteiger partial charge in [0, 0.05) is 27.7 Å². The quantitative estimate of drug-likeness (QED) is 0.163. The summed E-state index contributed by atoms with van der Waals surface area (Å²) in [6.45, 7) is 0. The number of nitrogens with zero attached hydrogens (tertiary/aromatic N) is 1. The summed E-state index contributed by atoms with van der Waals surface area (Å²) in [5.74, 6) is 0. The van der Waals surface area contributed by atoms with Gasteiger partial charge in [0.25, 0.3) is 0 Å². The molecule has 0 saturated heterocycles. The Morgan fingerprint density at radius 2 is 0.930 bits per heavy atom. The minimum atomic E-state index is -0.525. The number of fused-ring (bicyclic) bond motifs is 6. The van der Waals surface area contributed by atoms with Gasteiger partial charge in [0.2, 0.25) is 0 Å². The Balaban J connectivity index is 1.24. The number of rotatable bonds is 7. The van der Waals surface area contributed by atoms with Crippen LogP contribution in [0.3, 0.4) is 0 Å². The Morgan fingerprint density at radius 3 is 1.68 bits per heavy atom. The first-order chi connectivity index (χ1) is 28.3. The molecule has 57 heavy (non-hydrogen) atoms. The van der Waals surface area contributed by atoms with E-state index in [1.807, 2.05) is 6.07 Å². The van der Waals surface area contributed by atoms with Gasteiger partial charge in [-0.2, -0.15) is 0 Å². The van der Waals surface area contributed by atoms with Gasteiger partial charge in [0.1, 0.15) is 11.2 Å². The van der Waals surface area contributed by atoms with Gasteiger partial charge in [0.05, 0.1) is 11.1 Å². The van der Waals surface area contributed by atoms with E-state index in [9.17, 15) is 0 Å². The molecule has 11 rings (SSSR count). The van der Waals surface area contributed by atoms with E-state index in [1.54, 1.807) is 0 Å². The van der Waals surface area contributed by atoms with Gasteiger partial charge >= 0.3 is 0 Å². The topological polar surface area (TPSA) is 16.4 Å². The van der Waals surface area contributed by atoms with Gasteiger partial charge in [-0.25, -0.2) is 0 Å². The summed E-state index contributed by atoms with van der Waals surface area (Å²) in [5, 5.41) is 2.22. The summed E-state index contributed by atoms with van der Waals surface area (Å²) >= 11 is 0. The molecule has 2 nitrogen and oxygen atoms in total. The summed E-state index contributed by atoms with van der Waals surface area (Å²) in [7, 11) is 0. The lowest BCUT2D eigenvalue weighted by atomic mass is 9.67. The number of hydrogen-bond donors (Lipinski definition) is 0. The lowest BCUT2D eigenvalue weighted by molar-refractivity contribution is 0.669. The van der Waals surface area contributed by atoms with Crippen LogP contribution in [0, 0.1) is 0 Å². The van der Waals surface area contributed by atoms with Gasteiger partial charge < -0.3 is 9.32 Å². The minimum absolute atomic E-state index is 0.525. The molecule has 1 aliphatic rings. The minimum Gasteiger partial charge on any atom is -0.456 e. The molecular weight excluding hydrogens is 691 g/mol. The Morgan fingerprint density at radius 1 is 0.368 bits per heavy atom. The molecule has 0 spiro atoms. The fourth-order valence-electron chi connectivity index (χ4n) is 9.43. The van der Waals surface area contributed by atoms with E-state index in [1.165, 1.54) is 33.4 Å². The fraction of sp³-hybridized carbons (Fsp3) is 0.0182. The zero-order valence-electron chi connectivity index (χ0n) is 31.2. The largest absolute Gasteiger partial charge is 0.456 e. The van der Waals surface area contributed by atoms with E-state index in [0.717, 1.165) is 61.3 Å². The molecule has 0 amide bonds. The lowest BCUT2D eigenvalue weighted by Crippen LogP contribution is -2.28. The highest BCUT2D eigenvalue weighted by atomic mass is 16.3. The molecule has 268 valence electrons. The van der Waals surface area contributed by atoms with Crippen LogP contribution in [-0.2, 0) is 5.41 Å². The molecule has 0 bridgehead atoms. The molecule has 0 N–H and O–H groups in total. The lowest BCUT2D eigenvalue weighted by Gasteiger charge is -2.35.